The molecule has 0 spiro atoms. The standard InChI is InChI=1S/C17H25NO2/c1-2-5-15-9-8-14-6-3-4-7-16(14)18(15)10-17(11-19)12-20-13-17/h3-4,6-7,15,19H,2,5,8-13H2,1H3. The lowest BCUT2D eigenvalue weighted by Crippen LogP contribution is -2.56. The normalized spacial score (nSPS) is 24.1. The number of benzene rings is 1. The maximum atomic E-state index is 9.72. The van der Waals surface area contributed by atoms with E-state index in [1.54, 1.807) is 0 Å². The summed E-state index contributed by atoms with van der Waals surface area (Å²) in [7, 11) is 0. The quantitative estimate of drug-likeness (QED) is 0.896. The Morgan fingerprint density at radius 2 is 2.15 bits per heavy atom. The molecule has 3 nitrogen and oxygen atoms in total. The number of nitrogens with zero attached hydrogens (tertiary/aromatic N) is 1. The van der Waals surface area contributed by atoms with Gasteiger partial charge in [-0.1, -0.05) is 31.5 Å². The number of aryl methyl sites for hydroxylation is 1. The summed E-state index contributed by atoms with van der Waals surface area (Å²) in [5.41, 5.74) is 2.78. The highest BCUT2D eigenvalue weighted by atomic mass is 16.5. The van der Waals surface area contributed by atoms with Gasteiger partial charge in [0.2, 0.25) is 0 Å². The zero-order chi connectivity index (χ0) is 14.0. The fraction of sp³-hybridized carbons (Fsp3) is 0.647. The van der Waals surface area contributed by atoms with Gasteiger partial charge in [0, 0.05) is 18.3 Å². The largest absolute Gasteiger partial charge is 0.396 e. The van der Waals surface area contributed by atoms with E-state index < -0.39 is 0 Å². The second-order valence-corrected chi connectivity index (χ2v) is 6.39. The number of aliphatic hydroxyl groups excluding tert-OH is 1. The monoisotopic (exact) mass is 275 g/mol. The Morgan fingerprint density at radius 1 is 1.35 bits per heavy atom. The SMILES string of the molecule is CCCC1CCc2ccccc2N1CC1(CO)COC1. The first-order valence-corrected chi connectivity index (χ1v) is 7.81. The van der Waals surface area contributed by atoms with Crippen LogP contribution in [0.1, 0.15) is 31.7 Å². The van der Waals surface area contributed by atoms with Gasteiger partial charge in [0.15, 0.2) is 0 Å². The summed E-state index contributed by atoms with van der Waals surface area (Å²) in [4.78, 5) is 2.54. The highest BCUT2D eigenvalue weighted by Crippen LogP contribution is 2.37. The van der Waals surface area contributed by atoms with Crippen molar-refractivity contribution in [1.82, 2.24) is 0 Å². The topological polar surface area (TPSA) is 32.7 Å². The second-order valence-electron chi connectivity index (χ2n) is 6.39. The van der Waals surface area contributed by atoms with Crippen LogP contribution in [0.3, 0.4) is 0 Å². The number of hydrogen-bond acceptors (Lipinski definition) is 3. The van der Waals surface area contributed by atoms with Crippen LogP contribution in [0.2, 0.25) is 0 Å². The lowest BCUT2D eigenvalue weighted by Gasteiger charge is -2.48. The van der Waals surface area contributed by atoms with Crippen LogP contribution in [0.5, 0.6) is 0 Å². The molecule has 0 bridgehead atoms. The molecule has 1 fully saturated rings. The van der Waals surface area contributed by atoms with E-state index >= 15 is 0 Å². The Kier molecular flexibility index (Phi) is 3.99. The van der Waals surface area contributed by atoms with Crippen molar-refractivity contribution in [2.24, 2.45) is 5.41 Å². The lowest BCUT2D eigenvalue weighted by atomic mass is 9.83. The maximum Gasteiger partial charge on any atom is 0.0584 e. The molecule has 0 aliphatic carbocycles. The molecule has 1 aromatic carbocycles. The molecule has 2 heterocycles. The van der Waals surface area contributed by atoms with Gasteiger partial charge in [-0.05, 0) is 30.9 Å². The Morgan fingerprint density at radius 3 is 2.80 bits per heavy atom. The molecule has 3 heteroatoms. The first-order valence-electron chi connectivity index (χ1n) is 7.81. The molecular formula is C17H25NO2. The Labute approximate surface area is 121 Å². The molecule has 0 saturated carbocycles. The number of anilines is 1. The van der Waals surface area contributed by atoms with Crippen molar-refractivity contribution in [3.8, 4) is 0 Å². The highest BCUT2D eigenvalue weighted by Gasteiger charge is 2.42. The molecule has 20 heavy (non-hydrogen) atoms. The molecule has 0 aromatic heterocycles. The molecule has 1 unspecified atom stereocenters. The van der Waals surface area contributed by atoms with E-state index in [-0.39, 0.29) is 12.0 Å². The fourth-order valence-corrected chi connectivity index (χ4v) is 3.51. The summed E-state index contributed by atoms with van der Waals surface area (Å²) in [5, 5.41) is 9.72. The van der Waals surface area contributed by atoms with E-state index in [4.69, 9.17) is 4.74 Å². The van der Waals surface area contributed by atoms with E-state index in [0.29, 0.717) is 19.3 Å². The summed E-state index contributed by atoms with van der Waals surface area (Å²) in [6, 6.07) is 9.35. The van der Waals surface area contributed by atoms with Crippen LogP contribution in [0.25, 0.3) is 0 Å². The van der Waals surface area contributed by atoms with Gasteiger partial charge in [-0.2, -0.15) is 0 Å². The van der Waals surface area contributed by atoms with Crippen molar-refractivity contribution in [2.45, 2.75) is 38.6 Å². The Balaban J connectivity index is 1.86. The number of para-hydroxylation sites is 1. The van der Waals surface area contributed by atoms with E-state index in [1.807, 2.05) is 0 Å². The van der Waals surface area contributed by atoms with Crippen LogP contribution in [0, 0.1) is 5.41 Å². The van der Waals surface area contributed by atoms with Crippen molar-refractivity contribution in [2.75, 3.05) is 31.3 Å². The van der Waals surface area contributed by atoms with Gasteiger partial charge in [-0.25, -0.2) is 0 Å². The van der Waals surface area contributed by atoms with Crippen molar-refractivity contribution in [1.29, 1.82) is 0 Å². The maximum absolute atomic E-state index is 9.72. The van der Waals surface area contributed by atoms with Crippen LogP contribution < -0.4 is 4.90 Å². The fourth-order valence-electron chi connectivity index (χ4n) is 3.51. The minimum absolute atomic E-state index is 0.0452. The average molecular weight is 275 g/mol. The van der Waals surface area contributed by atoms with Gasteiger partial charge < -0.3 is 14.7 Å². The zero-order valence-electron chi connectivity index (χ0n) is 12.3. The summed E-state index contributed by atoms with van der Waals surface area (Å²) >= 11 is 0. The summed E-state index contributed by atoms with van der Waals surface area (Å²) in [5.74, 6) is 0. The smallest absolute Gasteiger partial charge is 0.0584 e. The molecule has 0 amide bonds. The third kappa shape index (κ3) is 2.45. The molecule has 110 valence electrons. The molecule has 1 N–H and O–H groups in total. The van der Waals surface area contributed by atoms with Crippen LogP contribution >= 0.6 is 0 Å². The molecule has 3 rings (SSSR count). The Hall–Kier alpha value is -1.06. The molecular weight excluding hydrogens is 250 g/mol. The minimum atomic E-state index is -0.0452. The van der Waals surface area contributed by atoms with Gasteiger partial charge in [0.05, 0.1) is 25.2 Å². The van der Waals surface area contributed by atoms with Crippen LogP contribution in [-0.4, -0.2) is 37.5 Å². The van der Waals surface area contributed by atoms with Gasteiger partial charge in [0.1, 0.15) is 0 Å². The highest BCUT2D eigenvalue weighted by molar-refractivity contribution is 5.56. The van der Waals surface area contributed by atoms with E-state index in [0.717, 1.165) is 6.54 Å². The molecule has 1 atom stereocenters. The number of fused-ring (bicyclic) bond motifs is 1. The third-order valence-corrected chi connectivity index (χ3v) is 4.77. The summed E-state index contributed by atoms with van der Waals surface area (Å²) < 4.78 is 5.37. The average Bonchev–Trinajstić information content (AvgIpc) is 2.44. The zero-order valence-corrected chi connectivity index (χ0v) is 12.3. The van der Waals surface area contributed by atoms with Gasteiger partial charge >= 0.3 is 0 Å². The number of rotatable bonds is 5. The predicted molar refractivity (Wildman–Crippen MR) is 81.1 cm³/mol. The predicted octanol–water partition coefficient (Wildman–Crippen LogP) is 2.62. The first kappa shape index (κ1) is 13.9. The molecule has 2 aliphatic rings. The van der Waals surface area contributed by atoms with E-state index in [1.165, 1.54) is 36.9 Å². The molecule has 1 aromatic rings. The molecule has 1 saturated heterocycles. The number of ether oxygens (including phenoxy) is 1. The first-order chi connectivity index (χ1) is 9.78. The minimum Gasteiger partial charge on any atom is -0.396 e. The number of hydrogen-bond donors (Lipinski definition) is 1. The van der Waals surface area contributed by atoms with Crippen molar-refractivity contribution < 1.29 is 9.84 Å². The van der Waals surface area contributed by atoms with Crippen molar-refractivity contribution in [3.05, 3.63) is 29.8 Å². The molecule has 2 aliphatic heterocycles. The van der Waals surface area contributed by atoms with Crippen LogP contribution in [0.4, 0.5) is 5.69 Å². The summed E-state index contributed by atoms with van der Waals surface area (Å²) in [6.07, 6.45) is 4.86. The third-order valence-electron chi connectivity index (χ3n) is 4.77. The van der Waals surface area contributed by atoms with Crippen LogP contribution in [0.15, 0.2) is 24.3 Å². The van der Waals surface area contributed by atoms with Crippen molar-refractivity contribution >= 4 is 5.69 Å². The Bertz CT molecular complexity index is 451. The van der Waals surface area contributed by atoms with Gasteiger partial charge in [-0.3, -0.25) is 0 Å². The second kappa shape index (κ2) is 5.74. The van der Waals surface area contributed by atoms with E-state index in [9.17, 15) is 5.11 Å². The van der Waals surface area contributed by atoms with Crippen LogP contribution in [-0.2, 0) is 11.2 Å². The van der Waals surface area contributed by atoms with E-state index in [2.05, 4.69) is 36.1 Å². The summed E-state index contributed by atoms with van der Waals surface area (Å²) in [6.45, 7) is 4.80. The number of aliphatic hydroxyl groups is 1. The van der Waals surface area contributed by atoms with Crippen molar-refractivity contribution in [3.63, 3.8) is 0 Å². The molecule has 0 radical (unpaired) electrons. The van der Waals surface area contributed by atoms with Gasteiger partial charge in [-0.15, -0.1) is 0 Å². The lowest BCUT2D eigenvalue weighted by molar-refractivity contribution is -0.131. The van der Waals surface area contributed by atoms with Gasteiger partial charge in [0.25, 0.3) is 0 Å².